The maximum Gasteiger partial charge on any atom is 0.697 e. The van der Waals surface area contributed by atoms with Crippen molar-refractivity contribution in [2.75, 3.05) is 0 Å². The van der Waals surface area contributed by atoms with Gasteiger partial charge in [0.15, 0.2) is 0 Å². The standard InChI is InChI=1S/C10H4F20Si/c11-3(12,1-2-4(13,14)15)5(16,17)6(18,19)7(20,21)8(22,23)9(24,25)10(26,27)31(28,29)30/h1-2H2. The Labute approximate surface area is 157 Å². The Balaban J connectivity index is 6.56. The molecule has 0 saturated carbocycles. The molecule has 21 heteroatoms. The Morgan fingerprint density at radius 3 is 0.968 bits per heavy atom. The quantitative estimate of drug-likeness (QED) is 0.168. The summed E-state index contributed by atoms with van der Waals surface area (Å²) in [6.07, 6.45) is -12.5. The second kappa shape index (κ2) is 7.42. The monoisotopic (exact) mass is 532 g/mol. The van der Waals surface area contributed by atoms with Crippen molar-refractivity contribution in [3.05, 3.63) is 0 Å². The fourth-order valence-corrected chi connectivity index (χ4v) is 2.17. The largest absolute Gasteiger partial charge is 0.697 e. The van der Waals surface area contributed by atoms with E-state index in [-0.39, 0.29) is 0 Å². The molecule has 0 aliphatic carbocycles. The third-order valence-electron chi connectivity index (χ3n) is 3.51. The third-order valence-corrected chi connectivity index (χ3v) is 4.54. The molecule has 0 fully saturated rings. The molecule has 0 atom stereocenters. The minimum atomic E-state index is -9.49. The van der Waals surface area contributed by atoms with Gasteiger partial charge in [-0.1, -0.05) is 0 Å². The van der Waals surface area contributed by atoms with Crippen molar-refractivity contribution < 1.29 is 87.0 Å². The molecule has 31 heavy (non-hydrogen) atoms. The second-order valence-corrected chi connectivity index (χ2v) is 7.39. The first-order chi connectivity index (χ1) is 13.0. The summed E-state index contributed by atoms with van der Waals surface area (Å²) in [4.78, 5) is 0. The predicted molar refractivity (Wildman–Crippen MR) is 59.0 cm³/mol. The van der Waals surface area contributed by atoms with E-state index in [1.807, 2.05) is 0 Å². The second-order valence-electron chi connectivity index (χ2n) is 5.76. The molecule has 0 saturated heterocycles. The summed E-state index contributed by atoms with van der Waals surface area (Å²) in [5, 5.41) is 0. The van der Waals surface area contributed by atoms with Gasteiger partial charge in [-0.2, -0.15) is 74.6 Å². The molecule has 0 bridgehead atoms. The van der Waals surface area contributed by atoms with Crippen molar-refractivity contribution in [3.8, 4) is 0 Å². The van der Waals surface area contributed by atoms with Crippen LogP contribution in [-0.2, 0) is 0 Å². The van der Waals surface area contributed by atoms with E-state index in [1.165, 1.54) is 0 Å². The zero-order valence-corrected chi connectivity index (χ0v) is 14.5. The molecular formula is C10H4F20Si. The number of hydrogen-bond donors (Lipinski definition) is 0. The van der Waals surface area contributed by atoms with Crippen molar-refractivity contribution in [2.24, 2.45) is 0 Å². The van der Waals surface area contributed by atoms with Crippen molar-refractivity contribution in [1.82, 2.24) is 0 Å². The summed E-state index contributed by atoms with van der Waals surface area (Å²) in [5.41, 5.74) is -8.16. The van der Waals surface area contributed by atoms with Gasteiger partial charge in [0, 0.05) is 12.8 Å². The van der Waals surface area contributed by atoms with Gasteiger partial charge in [-0.3, -0.25) is 0 Å². The van der Waals surface area contributed by atoms with E-state index < -0.39 is 69.2 Å². The van der Waals surface area contributed by atoms with Gasteiger partial charge in [0.05, 0.1) is 0 Å². The number of hydrogen-bond acceptors (Lipinski definition) is 0. The van der Waals surface area contributed by atoms with Crippen LogP contribution in [0, 0.1) is 0 Å². The zero-order valence-electron chi connectivity index (χ0n) is 13.5. The van der Waals surface area contributed by atoms with Crippen LogP contribution in [0.4, 0.5) is 87.0 Å². The van der Waals surface area contributed by atoms with E-state index >= 15 is 0 Å². The summed E-state index contributed by atoms with van der Waals surface area (Å²) in [5.74, 6) is -49.8. The lowest BCUT2D eigenvalue weighted by atomic mass is 9.90. The molecular weight excluding hydrogens is 528 g/mol. The topological polar surface area (TPSA) is 0 Å². The maximum atomic E-state index is 13.2. The average molecular weight is 532 g/mol. The summed E-state index contributed by atoms with van der Waals surface area (Å²) in [7, 11) is -9.49. The number of alkyl halides is 17. The molecule has 0 aliphatic rings. The highest BCUT2D eigenvalue weighted by molar-refractivity contribution is 6.61. The molecule has 0 aliphatic heterocycles. The van der Waals surface area contributed by atoms with Gasteiger partial charge < -0.3 is 0 Å². The number of halogens is 20. The third kappa shape index (κ3) is 4.38. The van der Waals surface area contributed by atoms with E-state index in [1.54, 1.807) is 0 Å². The van der Waals surface area contributed by atoms with Gasteiger partial charge in [-0.25, -0.2) is 12.3 Å². The van der Waals surface area contributed by atoms with Crippen LogP contribution in [0.2, 0.25) is 0 Å². The van der Waals surface area contributed by atoms with Gasteiger partial charge in [0.25, 0.3) is 0 Å². The van der Waals surface area contributed by atoms with Crippen LogP contribution in [0.3, 0.4) is 0 Å². The molecule has 0 aromatic rings. The lowest BCUT2D eigenvalue weighted by Gasteiger charge is -2.42. The van der Waals surface area contributed by atoms with Crippen LogP contribution in [0.25, 0.3) is 0 Å². The highest BCUT2D eigenvalue weighted by Gasteiger charge is 2.96. The maximum absolute atomic E-state index is 13.2. The van der Waals surface area contributed by atoms with Gasteiger partial charge in [0.2, 0.25) is 0 Å². The van der Waals surface area contributed by atoms with Crippen molar-refractivity contribution in [1.29, 1.82) is 0 Å². The van der Waals surface area contributed by atoms with Crippen LogP contribution in [0.15, 0.2) is 0 Å². The van der Waals surface area contributed by atoms with Crippen LogP contribution < -0.4 is 0 Å². The van der Waals surface area contributed by atoms with Crippen molar-refractivity contribution in [2.45, 2.75) is 60.1 Å². The van der Waals surface area contributed by atoms with Crippen molar-refractivity contribution >= 4 is 9.08 Å². The van der Waals surface area contributed by atoms with Gasteiger partial charge >= 0.3 is 56.3 Å². The summed E-state index contributed by atoms with van der Waals surface area (Å²) < 4.78 is 254. The fraction of sp³-hybridized carbons (Fsp3) is 1.00. The van der Waals surface area contributed by atoms with Crippen molar-refractivity contribution in [3.63, 3.8) is 0 Å². The first-order valence-corrected chi connectivity index (χ1v) is 8.37. The SMILES string of the molecule is FC(F)(F)CCC(F)(F)C(F)(F)C(F)(F)C(F)(F)C(F)(F)C(F)(F)C(F)(F)[Si](F)(F)F. The lowest BCUT2D eigenvalue weighted by molar-refractivity contribution is -0.438. The summed E-state index contributed by atoms with van der Waals surface area (Å²) >= 11 is 0. The molecule has 0 heterocycles. The predicted octanol–water partition coefficient (Wildman–Crippen LogP) is 7.16. The van der Waals surface area contributed by atoms with Gasteiger partial charge in [0.1, 0.15) is 0 Å². The lowest BCUT2D eigenvalue weighted by Crippen LogP contribution is -2.75. The Hall–Kier alpha value is -1.18. The highest BCUT2D eigenvalue weighted by atomic mass is 28.5. The Morgan fingerprint density at radius 1 is 0.387 bits per heavy atom. The first-order valence-electron chi connectivity index (χ1n) is 6.74. The summed E-state index contributed by atoms with van der Waals surface area (Å²) in [6.45, 7) is 0. The zero-order chi connectivity index (χ0) is 25.9. The molecule has 0 aromatic heterocycles. The molecule has 0 radical (unpaired) electrons. The Bertz CT molecular complexity index is 637. The molecule has 0 nitrogen and oxygen atoms in total. The minimum absolute atomic E-state index is 3.14. The molecule has 0 N–H and O–H groups in total. The molecule has 0 rings (SSSR count). The van der Waals surface area contributed by atoms with E-state index in [4.69, 9.17) is 0 Å². The average Bonchev–Trinajstić information content (AvgIpc) is 2.50. The van der Waals surface area contributed by atoms with Gasteiger partial charge in [-0.15, -0.1) is 0 Å². The smallest absolute Gasteiger partial charge is 0.234 e. The number of rotatable bonds is 9. The first kappa shape index (κ1) is 29.8. The Morgan fingerprint density at radius 2 is 0.677 bits per heavy atom. The van der Waals surface area contributed by atoms with Crippen LogP contribution >= 0.6 is 0 Å². The molecule has 0 aromatic carbocycles. The minimum Gasteiger partial charge on any atom is -0.234 e. The van der Waals surface area contributed by atoms with E-state index in [0.717, 1.165) is 0 Å². The van der Waals surface area contributed by atoms with E-state index in [2.05, 4.69) is 0 Å². The molecule has 188 valence electrons. The van der Waals surface area contributed by atoms with Crippen LogP contribution in [0.5, 0.6) is 0 Å². The Kier molecular flexibility index (Phi) is 7.14. The van der Waals surface area contributed by atoms with E-state index in [0.29, 0.717) is 0 Å². The molecule has 0 unspecified atom stereocenters. The molecule has 0 amide bonds. The fourth-order valence-electron chi connectivity index (χ4n) is 1.65. The van der Waals surface area contributed by atoms with Crippen LogP contribution in [-0.4, -0.2) is 56.3 Å². The normalized spacial score (nSPS) is 16.6. The van der Waals surface area contributed by atoms with E-state index in [9.17, 15) is 87.0 Å². The highest BCUT2D eigenvalue weighted by Crippen LogP contribution is 2.63. The molecule has 0 spiro atoms. The van der Waals surface area contributed by atoms with Crippen LogP contribution in [0.1, 0.15) is 12.8 Å². The summed E-state index contributed by atoms with van der Waals surface area (Å²) in [6, 6.07) is 0. The van der Waals surface area contributed by atoms with Gasteiger partial charge in [-0.05, 0) is 0 Å².